The van der Waals surface area contributed by atoms with Crippen molar-refractivity contribution in [1.29, 1.82) is 0 Å². The minimum Gasteiger partial charge on any atom is -0.438 e. The highest BCUT2D eigenvalue weighted by Gasteiger charge is 2.45. The molecule has 11 heteroatoms. The summed E-state index contributed by atoms with van der Waals surface area (Å²) >= 11 is 12.6. The van der Waals surface area contributed by atoms with Crippen LogP contribution in [0.15, 0.2) is 60.7 Å². The molecule has 2 fully saturated rings. The molecule has 0 bridgehead atoms. The van der Waals surface area contributed by atoms with Crippen LogP contribution in [0.5, 0.6) is 0 Å². The van der Waals surface area contributed by atoms with Gasteiger partial charge >= 0.3 is 6.09 Å². The van der Waals surface area contributed by atoms with Crippen molar-refractivity contribution in [3.05, 3.63) is 93.2 Å². The van der Waals surface area contributed by atoms with Gasteiger partial charge in [0.2, 0.25) is 5.91 Å². The Bertz CT molecular complexity index is 1540. The van der Waals surface area contributed by atoms with Crippen LogP contribution >= 0.6 is 23.2 Å². The number of anilines is 2. The van der Waals surface area contributed by atoms with E-state index in [1.54, 1.807) is 18.2 Å². The van der Waals surface area contributed by atoms with Crippen molar-refractivity contribution >= 4 is 46.6 Å². The lowest BCUT2D eigenvalue weighted by molar-refractivity contribution is -0.123. The zero-order valence-corrected chi connectivity index (χ0v) is 26.7. The molecule has 238 valence electrons. The summed E-state index contributed by atoms with van der Waals surface area (Å²) in [7, 11) is 0. The molecule has 3 aromatic carbocycles. The number of benzene rings is 3. The van der Waals surface area contributed by atoms with E-state index in [0.29, 0.717) is 60.2 Å². The second-order valence-corrected chi connectivity index (χ2v) is 12.8. The topological polar surface area (TPSA) is 83.1 Å². The van der Waals surface area contributed by atoms with E-state index < -0.39 is 17.6 Å². The highest BCUT2D eigenvalue weighted by Crippen LogP contribution is 2.44. The molecule has 8 nitrogen and oxygen atoms in total. The molecular weight excluding hydrogens is 618 g/mol. The van der Waals surface area contributed by atoms with Crippen molar-refractivity contribution in [1.82, 2.24) is 10.2 Å². The van der Waals surface area contributed by atoms with E-state index in [4.69, 9.17) is 32.7 Å². The number of amides is 2. The highest BCUT2D eigenvalue weighted by molar-refractivity contribution is 6.42. The number of carbonyl (C=O) groups is 2. The fourth-order valence-corrected chi connectivity index (χ4v) is 6.95. The van der Waals surface area contributed by atoms with Gasteiger partial charge in [0, 0.05) is 62.9 Å². The maximum absolute atomic E-state index is 14.2. The van der Waals surface area contributed by atoms with Crippen molar-refractivity contribution < 1.29 is 23.5 Å². The molecule has 45 heavy (non-hydrogen) atoms. The summed E-state index contributed by atoms with van der Waals surface area (Å²) in [5, 5.41) is 6.66. The molecule has 0 aromatic heterocycles. The molecule has 3 aliphatic rings. The fraction of sp³-hybridized carbons (Fsp3) is 0.412. The van der Waals surface area contributed by atoms with Gasteiger partial charge in [-0.15, -0.1) is 0 Å². The van der Waals surface area contributed by atoms with Gasteiger partial charge in [-0.1, -0.05) is 41.4 Å². The van der Waals surface area contributed by atoms with Crippen LogP contribution in [0.1, 0.15) is 48.8 Å². The molecule has 3 aliphatic heterocycles. The number of fused-ring (bicyclic) bond motifs is 2. The Hall–Kier alpha value is -3.37. The zero-order valence-electron chi connectivity index (χ0n) is 25.2. The first-order valence-corrected chi connectivity index (χ1v) is 16.1. The summed E-state index contributed by atoms with van der Waals surface area (Å²) in [6, 6.07) is 18.0. The molecule has 1 spiro atoms. The molecule has 6 rings (SSSR count). The fourth-order valence-electron chi connectivity index (χ4n) is 6.64. The minimum absolute atomic E-state index is 0.0183. The number of rotatable bonds is 8. The van der Waals surface area contributed by atoms with Gasteiger partial charge in [0.15, 0.2) is 0 Å². The summed E-state index contributed by atoms with van der Waals surface area (Å²) < 4.78 is 25.5. The van der Waals surface area contributed by atoms with Gasteiger partial charge < -0.3 is 24.6 Å². The number of nitrogens with one attached hydrogen (secondary N) is 2. The van der Waals surface area contributed by atoms with E-state index in [9.17, 15) is 14.0 Å². The normalized spacial score (nSPS) is 19.3. The van der Waals surface area contributed by atoms with Gasteiger partial charge in [-0.3, -0.25) is 10.1 Å². The SMILES string of the molecule is CC(CC(C(=O)NCc1ccc(N2CCOCC2)cc1)c1ccc(Cl)c(Cl)c1)N1CCC2(CC1)OC(=O)Nc1ccc(F)cc12. The van der Waals surface area contributed by atoms with E-state index >= 15 is 0 Å². The van der Waals surface area contributed by atoms with Crippen molar-refractivity contribution in [2.45, 2.75) is 50.3 Å². The van der Waals surface area contributed by atoms with Crippen molar-refractivity contribution in [3.8, 4) is 0 Å². The highest BCUT2D eigenvalue weighted by atomic mass is 35.5. The Kier molecular flexibility index (Phi) is 9.52. The Morgan fingerprint density at radius 3 is 2.44 bits per heavy atom. The van der Waals surface area contributed by atoms with Crippen LogP contribution in [0.2, 0.25) is 10.0 Å². The Labute approximate surface area is 272 Å². The Morgan fingerprint density at radius 2 is 1.73 bits per heavy atom. The van der Waals surface area contributed by atoms with Crippen molar-refractivity contribution in [2.75, 3.05) is 49.6 Å². The van der Waals surface area contributed by atoms with E-state index in [0.717, 1.165) is 43.1 Å². The number of halogens is 3. The first-order valence-electron chi connectivity index (χ1n) is 15.4. The van der Waals surface area contributed by atoms with Gasteiger partial charge in [-0.25, -0.2) is 9.18 Å². The third-order valence-corrected chi connectivity index (χ3v) is 9.98. The second-order valence-electron chi connectivity index (χ2n) is 12.0. The smallest absolute Gasteiger partial charge is 0.412 e. The van der Waals surface area contributed by atoms with Gasteiger partial charge in [0.1, 0.15) is 11.4 Å². The third kappa shape index (κ3) is 7.07. The molecule has 3 heterocycles. The molecule has 0 radical (unpaired) electrons. The number of carbonyl (C=O) groups excluding carboxylic acids is 2. The maximum atomic E-state index is 14.2. The average Bonchev–Trinajstić information content (AvgIpc) is 3.05. The first-order chi connectivity index (χ1) is 21.7. The predicted molar refractivity (Wildman–Crippen MR) is 174 cm³/mol. The van der Waals surface area contributed by atoms with Gasteiger partial charge in [-0.05, 0) is 66.9 Å². The minimum atomic E-state index is -0.881. The second kappa shape index (κ2) is 13.5. The molecule has 3 aromatic rings. The average molecular weight is 656 g/mol. The Morgan fingerprint density at radius 1 is 1.00 bits per heavy atom. The molecule has 2 unspecified atom stereocenters. The summed E-state index contributed by atoms with van der Waals surface area (Å²) in [4.78, 5) is 30.7. The molecule has 2 N–H and O–H groups in total. The summed E-state index contributed by atoms with van der Waals surface area (Å²) in [5.74, 6) is -0.931. The van der Waals surface area contributed by atoms with E-state index in [-0.39, 0.29) is 17.8 Å². The number of piperidine rings is 1. The van der Waals surface area contributed by atoms with Crippen molar-refractivity contribution in [3.63, 3.8) is 0 Å². The van der Waals surface area contributed by atoms with Crippen LogP contribution in [-0.2, 0) is 26.4 Å². The number of likely N-dealkylation sites (tertiary alicyclic amines) is 1. The summed E-state index contributed by atoms with van der Waals surface area (Å²) in [6.45, 7) is 6.92. The number of hydrogen-bond acceptors (Lipinski definition) is 6. The number of nitrogens with zero attached hydrogens (tertiary/aromatic N) is 2. The summed E-state index contributed by atoms with van der Waals surface area (Å²) in [5.41, 5.74) is 3.32. The quantitative estimate of drug-likeness (QED) is 0.281. The molecule has 0 saturated carbocycles. The standard InChI is InChI=1S/C34H37Cl2FN4O4/c1-22(40-12-10-34(11-13-40)28-20-25(37)5-9-31(28)39-33(43)45-34)18-27(24-4-8-29(35)30(36)19-24)32(42)38-21-23-2-6-26(7-3-23)41-14-16-44-17-15-41/h2-9,19-20,22,27H,10-18,21H2,1H3,(H,38,42)(H,39,43). The van der Waals surface area contributed by atoms with Crippen LogP contribution in [0.3, 0.4) is 0 Å². The maximum Gasteiger partial charge on any atom is 0.412 e. The van der Waals surface area contributed by atoms with Crippen LogP contribution in [0.4, 0.5) is 20.6 Å². The molecule has 2 amide bonds. The lowest BCUT2D eigenvalue weighted by atomic mass is 9.81. The lowest BCUT2D eigenvalue weighted by Gasteiger charge is -2.46. The molecular formula is C34H37Cl2FN4O4. The zero-order chi connectivity index (χ0) is 31.6. The molecule has 0 aliphatic carbocycles. The number of morpholine rings is 1. The monoisotopic (exact) mass is 654 g/mol. The van der Waals surface area contributed by atoms with Gasteiger partial charge in [0.25, 0.3) is 0 Å². The van der Waals surface area contributed by atoms with Gasteiger partial charge in [-0.2, -0.15) is 0 Å². The molecule has 2 atom stereocenters. The number of ether oxygens (including phenoxy) is 2. The summed E-state index contributed by atoms with van der Waals surface area (Å²) in [6.07, 6.45) is 1.05. The predicted octanol–water partition coefficient (Wildman–Crippen LogP) is 6.70. The third-order valence-electron chi connectivity index (χ3n) is 9.24. The van der Waals surface area contributed by atoms with Crippen LogP contribution in [0.25, 0.3) is 0 Å². The van der Waals surface area contributed by atoms with E-state index in [1.807, 2.05) is 18.2 Å². The Balaban J connectivity index is 1.13. The molecule has 2 saturated heterocycles. The number of hydrogen-bond donors (Lipinski definition) is 2. The van der Waals surface area contributed by atoms with Crippen molar-refractivity contribution in [2.24, 2.45) is 0 Å². The van der Waals surface area contributed by atoms with E-state index in [1.165, 1.54) is 12.1 Å². The van der Waals surface area contributed by atoms with E-state index in [2.05, 4.69) is 39.5 Å². The van der Waals surface area contributed by atoms with Crippen LogP contribution in [-0.4, -0.2) is 62.3 Å². The lowest BCUT2D eigenvalue weighted by Crippen LogP contribution is -2.50. The van der Waals surface area contributed by atoms with Crippen LogP contribution < -0.4 is 15.5 Å². The van der Waals surface area contributed by atoms with Crippen LogP contribution in [0, 0.1) is 5.82 Å². The van der Waals surface area contributed by atoms with Gasteiger partial charge in [0.05, 0.1) is 34.9 Å². The largest absolute Gasteiger partial charge is 0.438 e. The first kappa shape index (κ1) is 31.6.